The summed E-state index contributed by atoms with van der Waals surface area (Å²) in [6.45, 7) is 0.896. The number of Topliss-reactive ketones (excluding diaryl/α,β-unsaturated/α-hetero) is 1. The summed E-state index contributed by atoms with van der Waals surface area (Å²) in [5.41, 5.74) is 1.58. The molecule has 1 aromatic carbocycles. The van der Waals surface area contributed by atoms with Gasteiger partial charge in [0.2, 0.25) is 0 Å². The Kier molecular flexibility index (Phi) is 3.06. The first-order valence-corrected chi connectivity index (χ1v) is 5.55. The van der Waals surface area contributed by atoms with Gasteiger partial charge in [-0.15, -0.1) is 0 Å². The van der Waals surface area contributed by atoms with Crippen molar-refractivity contribution in [1.29, 1.82) is 0 Å². The van der Waals surface area contributed by atoms with E-state index in [4.69, 9.17) is 0 Å². The number of halogens is 1. The summed E-state index contributed by atoms with van der Waals surface area (Å²) < 4.78 is 13.0. The lowest BCUT2D eigenvalue weighted by molar-refractivity contribution is 0.0925. The third kappa shape index (κ3) is 2.14. The zero-order valence-electron chi connectivity index (χ0n) is 9.66. The number of hydrogen-bond acceptors (Lipinski definition) is 2. The number of carbonyl (C=O) groups is 1. The molecule has 0 radical (unpaired) electrons. The van der Waals surface area contributed by atoms with Crippen LogP contribution >= 0.6 is 0 Å². The van der Waals surface area contributed by atoms with Gasteiger partial charge in [0.25, 0.3) is 0 Å². The van der Waals surface area contributed by atoms with Crippen molar-refractivity contribution >= 4 is 5.78 Å². The number of ketones is 1. The van der Waals surface area contributed by atoms with E-state index >= 15 is 0 Å². The molecule has 0 aliphatic heterocycles. The van der Waals surface area contributed by atoms with Gasteiger partial charge >= 0.3 is 0 Å². The molecule has 2 rings (SSSR count). The highest BCUT2D eigenvalue weighted by Gasteiger charge is 2.30. The van der Waals surface area contributed by atoms with Crippen LogP contribution in [0.15, 0.2) is 18.2 Å². The molecule has 1 aromatic rings. The topological polar surface area (TPSA) is 20.3 Å². The molecule has 0 fully saturated rings. The Hall–Kier alpha value is -1.22. The van der Waals surface area contributed by atoms with Gasteiger partial charge in [-0.3, -0.25) is 4.79 Å². The molecular weight excluding hydrogens is 205 g/mol. The van der Waals surface area contributed by atoms with E-state index in [0.29, 0.717) is 5.56 Å². The summed E-state index contributed by atoms with van der Waals surface area (Å²) in [4.78, 5) is 14.0. The predicted octanol–water partition coefficient (Wildman–Crippen LogP) is 2.13. The molecule has 0 bridgehead atoms. The van der Waals surface area contributed by atoms with Crippen molar-refractivity contribution in [3.05, 3.63) is 35.1 Å². The molecule has 0 aromatic heterocycles. The smallest absolute Gasteiger partial charge is 0.166 e. The second-order valence-corrected chi connectivity index (χ2v) is 4.66. The lowest BCUT2D eigenvalue weighted by atomic mass is 10.0. The molecular formula is C13H16FNO. The Labute approximate surface area is 95.1 Å². The molecule has 0 amide bonds. The molecule has 2 nitrogen and oxygen atoms in total. The molecule has 0 spiro atoms. The van der Waals surface area contributed by atoms with E-state index in [-0.39, 0.29) is 17.5 Å². The van der Waals surface area contributed by atoms with Crippen LogP contribution in [0.4, 0.5) is 4.39 Å². The van der Waals surface area contributed by atoms with Crippen LogP contribution in [-0.2, 0) is 6.42 Å². The Morgan fingerprint density at radius 3 is 2.88 bits per heavy atom. The van der Waals surface area contributed by atoms with Crippen molar-refractivity contribution in [3.8, 4) is 0 Å². The fourth-order valence-electron chi connectivity index (χ4n) is 2.18. The van der Waals surface area contributed by atoms with Crippen LogP contribution in [-0.4, -0.2) is 31.3 Å². The van der Waals surface area contributed by atoms with Crippen LogP contribution in [0, 0.1) is 11.7 Å². The van der Waals surface area contributed by atoms with Gasteiger partial charge < -0.3 is 4.90 Å². The Balaban J connectivity index is 2.12. The van der Waals surface area contributed by atoms with Gasteiger partial charge in [0.1, 0.15) is 5.82 Å². The molecule has 1 aliphatic carbocycles. The average molecular weight is 221 g/mol. The van der Waals surface area contributed by atoms with E-state index in [9.17, 15) is 9.18 Å². The number of hydrogen-bond donors (Lipinski definition) is 0. The van der Waals surface area contributed by atoms with Gasteiger partial charge in [-0.1, -0.05) is 6.07 Å². The summed E-state index contributed by atoms with van der Waals surface area (Å²) >= 11 is 0. The highest BCUT2D eigenvalue weighted by atomic mass is 19.1. The Bertz CT molecular complexity index is 414. The van der Waals surface area contributed by atoms with Crippen molar-refractivity contribution in [2.45, 2.75) is 12.8 Å². The third-order valence-corrected chi connectivity index (χ3v) is 3.10. The molecule has 0 saturated heterocycles. The monoisotopic (exact) mass is 221 g/mol. The molecule has 1 aliphatic rings. The van der Waals surface area contributed by atoms with Crippen molar-refractivity contribution in [1.82, 2.24) is 4.90 Å². The van der Waals surface area contributed by atoms with E-state index in [0.717, 1.165) is 24.9 Å². The SMILES string of the molecule is CN(C)CC[C@@H]1Cc2ccc(F)cc2C1=O. The largest absolute Gasteiger partial charge is 0.309 e. The van der Waals surface area contributed by atoms with Crippen LogP contribution in [0.2, 0.25) is 0 Å². The normalized spacial score (nSPS) is 19.2. The first-order valence-electron chi connectivity index (χ1n) is 5.55. The Morgan fingerprint density at radius 2 is 2.19 bits per heavy atom. The van der Waals surface area contributed by atoms with Crippen LogP contribution in [0.3, 0.4) is 0 Å². The quantitative estimate of drug-likeness (QED) is 0.779. The summed E-state index contributed by atoms with van der Waals surface area (Å²) in [5, 5.41) is 0. The van der Waals surface area contributed by atoms with E-state index in [1.165, 1.54) is 12.1 Å². The summed E-state index contributed by atoms with van der Waals surface area (Å²) in [7, 11) is 3.98. The minimum Gasteiger partial charge on any atom is -0.309 e. The predicted molar refractivity (Wildman–Crippen MR) is 61.1 cm³/mol. The number of rotatable bonds is 3. The summed E-state index contributed by atoms with van der Waals surface area (Å²) in [6.07, 6.45) is 1.62. The number of fused-ring (bicyclic) bond motifs is 1. The van der Waals surface area contributed by atoms with Gasteiger partial charge in [0.05, 0.1) is 0 Å². The zero-order chi connectivity index (χ0) is 11.7. The van der Waals surface area contributed by atoms with Crippen molar-refractivity contribution in [2.75, 3.05) is 20.6 Å². The highest BCUT2D eigenvalue weighted by molar-refractivity contribution is 6.02. The average Bonchev–Trinajstić information content (AvgIpc) is 2.53. The van der Waals surface area contributed by atoms with E-state index in [1.807, 2.05) is 14.1 Å². The second-order valence-electron chi connectivity index (χ2n) is 4.66. The fraction of sp³-hybridized carbons (Fsp3) is 0.462. The maximum atomic E-state index is 13.0. The molecule has 0 N–H and O–H groups in total. The molecule has 1 atom stereocenters. The van der Waals surface area contributed by atoms with Crippen LogP contribution in [0.1, 0.15) is 22.3 Å². The van der Waals surface area contributed by atoms with Crippen molar-refractivity contribution in [3.63, 3.8) is 0 Å². The van der Waals surface area contributed by atoms with E-state index in [2.05, 4.69) is 4.90 Å². The minimum absolute atomic E-state index is 0.0409. The van der Waals surface area contributed by atoms with Gasteiger partial charge in [-0.25, -0.2) is 4.39 Å². The molecule has 86 valence electrons. The zero-order valence-corrected chi connectivity index (χ0v) is 9.66. The van der Waals surface area contributed by atoms with Gasteiger partial charge in [0.15, 0.2) is 5.78 Å². The fourth-order valence-corrected chi connectivity index (χ4v) is 2.18. The highest BCUT2D eigenvalue weighted by Crippen LogP contribution is 2.29. The first-order chi connectivity index (χ1) is 7.58. The lowest BCUT2D eigenvalue weighted by Gasteiger charge is -2.12. The number of nitrogens with zero attached hydrogens (tertiary/aromatic N) is 1. The van der Waals surface area contributed by atoms with Gasteiger partial charge in [-0.2, -0.15) is 0 Å². The lowest BCUT2D eigenvalue weighted by Crippen LogP contribution is -2.19. The second kappa shape index (κ2) is 4.34. The summed E-state index contributed by atoms with van der Waals surface area (Å²) in [5.74, 6) is -0.170. The number of carbonyl (C=O) groups excluding carboxylic acids is 1. The Morgan fingerprint density at radius 1 is 1.44 bits per heavy atom. The molecule has 0 saturated carbocycles. The maximum Gasteiger partial charge on any atom is 0.166 e. The van der Waals surface area contributed by atoms with E-state index < -0.39 is 0 Å². The summed E-state index contributed by atoms with van der Waals surface area (Å²) in [6, 6.07) is 4.53. The molecule has 3 heteroatoms. The maximum absolute atomic E-state index is 13.0. The molecule has 0 unspecified atom stereocenters. The molecule has 0 heterocycles. The van der Waals surface area contributed by atoms with Gasteiger partial charge in [-0.05, 0) is 51.2 Å². The standard InChI is InChI=1S/C13H16FNO/c1-15(2)6-5-10-7-9-3-4-11(14)8-12(9)13(10)16/h3-4,8,10H,5-7H2,1-2H3/t10-/m1/s1. The van der Waals surface area contributed by atoms with Crippen LogP contribution in [0.25, 0.3) is 0 Å². The van der Waals surface area contributed by atoms with Crippen LogP contribution in [0.5, 0.6) is 0 Å². The third-order valence-electron chi connectivity index (χ3n) is 3.10. The first kappa shape index (κ1) is 11.3. The van der Waals surface area contributed by atoms with Gasteiger partial charge in [0, 0.05) is 11.5 Å². The number of benzene rings is 1. The van der Waals surface area contributed by atoms with Crippen LogP contribution < -0.4 is 0 Å². The van der Waals surface area contributed by atoms with Crippen molar-refractivity contribution in [2.24, 2.45) is 5.92 Å². The molecule has 16 heavy (non-hydrogen) atoms. The minimum atomic E-state index is -0.319. The van der Waals surface area contributed by atoms with E-state index in [1.54, 1.807) is 6.07 Å². The van der Waals surface area contributed by atoms with Crippen molar-refractivity contribution < 1.29 is 9.18 Å².